The second-order valence-corrected chi connectivity index (χ2v) is 11.2. The first-order chi connectivity index (χ1) is 18.0. The molecule has 0 fully saturated rings. The number of carbonyl (C=O) groups is 2. The molecule has 0 radical (unpaired) electrons. The van der Waals surface area contributed by atoms with Crippen LogP contribution in [-0.4, -0.2) is 32.3 Å². The van der Waals surface area contributed by atoms with Crippen molar-refractivity contribution >= 4 is 39.9 Å². The van der Waals surface area contributed by atoms with E-state index >= 15 is 0 Å². The van der Waals surface area contributed by atoms with E-state index in [9.17, 15) is 9.59 Å². The number of benzene rings is 2. The highest BCUT2D eigenvalue weighted by atomic mass is 32.2. The van der Waals surface area contributed by atoms with Gasteiger partial charge in [0.25, 0.3) is 5.91 Å². The minimum atomic E-state index is -0.166. The summed E-state index contributed by atoms with van der Waals surface area (Å²) in [5, 5.41) is 16.0. The number of hydrogen-bond donors (Lipinski definition) is 2. The van der Waals surface area contributed by atoms with Crippen LogP contribution in [0.15, 0.2) is 59.8 Å². The van der Waals surface area contributed by atoms with Gasteiger partial charge in [0.15, 0.2) is 11.0 Å². The van der Waals surface area contributed by atoms with E-state index in [4.69, 9.17) is 0 Å². The first-order valence-electron chi connectivity index (χ1n) is 12.4. The van der Waals surface area contributed by atoms with Crippen LogP contribution in [0, 0.1) is 6.92 Å². The number of amides is 2. The van der Waals surface area contributed by atoms with Crippen LogP contribution in [0.25, 0.3) is 11.4 Å². The molecule has 5 rings (SSSR count). The Hall–Kier alpha value is -3.43. The number of nitrogens with zero attached hydrogens (tertiary/aromatic N) is 3. The molecule has 0 bridgehead atoms. The van der Waals surface area contributed by atoms with Crippen molar-refractivity contribution in [2.24, 2.45) is 7.05 Å². The van der Waals surface area contributed by atoms with Crippen molar-refractivity contribution in [1.29, 1.82) is 0 Å². The van der Waals surface area contributed by atoms with Crippen LogP contribution in [0.5, 0.6) is 0 Å². The van der Waals surface area contributed by atoms with Gasteiger partial charge in [-0.1, -0.05) is 65.9 Å². The van der Waals surface area contributed by atoms with Gasteiger partial charge in [-0.2, -0.15) is 0 Å². The monoisotopic (exact) mass is 531 g/mol. The molecule has 7 nitrogen and oxygen atoms in total. The average molecular weight is 532 g/mol. The number of fused-ring (bicyclic) bond motifs is 1. The normalized spacial score (nSPS) is 12.7. The van der Waals surface area contributed by atoms with Crippen molar-refractivity contribution in [3.8, 4) is 11.4 Å². The fourth-order valence-corrected chi connectivity index (χ4v) is 6.54. The third-order valence-corrected chi connectivity index (χ3v) is 8.62. The molecule has 2 aromatic carbocycles. The van der Waals surface area contributed by atoms with Crippen molar-refractivity contribution in [3.05, 3.63) is 81.7 Å². The predicted octanol–water partition coefficient (Wildman–Crippen LogP) is 5.39. The Morgan fingerprint density at radius 3 is 2.68 bits per heavy atom. The molecule has 0 saturated heterocycles. The van der Waals surface area contributed by atoms with Gasteiger partial charge in [-0.05, 0) is 49.8 Å². The number of hydrogen-bond acceptors (Lipinski definition) is 6. The quantitative estimate of drug-likeness (QED) is 0.298. The molecule has 2 aromatic heterocycles. The van der Waals surface area contributed by atoms with E-state index in [0.717, 1.165) is 53.8 Å². The Balaban J connectivity index is 1.27. The molecule has 4 aromatic rings. The number of aryl methyl sites for hydroxylation is 2. The number of rotatable bonds is 8. The molecule has 1 aliphatic carbocycles. The largest absolute Gasteiger partial charge is 0.348 e. The van der Waals surface area contributed by atoms with E-state index in [1.165, 1.54) is 28.0 Å². The summed E-state index contributed by atoms with van der Waals surface area (Å²) in [6.07, 6.45) is 3.98. The second-order valence-electron chi connectivity index (χ2n) is 9.15. The van der Waals surface area contributed by atoms with Gasteiger partial charge < -0.3 is 15.2 Å². The maximum absolute atomic E-state index is 13.3. The molecule has 1 aliphatic rings. The molecular formula is C28H29N5O2S2. The molecule has 2 amide bonds. The summed E-state index contributed by atoms with van der Waals surface area (Å²) in [5.41, 5.74) is 4.88. The molecule has 0 unspecified atom stereocenters. The highest BCUT2D eigenvalue weighted by Crippen LogP contribution is 2.38. The lowest BCUT2D eigenvalue weighted by molar-refractivity contribution is -0.113. The predicted molar refractivity (Wildman–Crippen MR) is 149 cm³/mol. The number of anilines is 1. The molecule has 37 heavy (non-hydrogen) atoms. The van der Waals surface area contributed by atoms with Crippen LogP contribution in [0.2, 0.25) is 0 Å². The highest BCUT2D eigenvalue weighted by molar-refractivity contribution is 7.99. The summed E-state index contributed by atoms with van der Waals surface area (Å²) in [7, 11) is 1.90. The maximum Gasteiger partial charge on any atom is 0.254 e. The fraction of sp³-hybridized carbons (Fsp3) is 0.286. The molecule has 2 heterocycles. The van der Waals surface area contributed by atoms with E-state index in [1.807, 2.05) is 67.1 Å². The smallest absolute Gasteiger partial charge is 0.254 e. The number of aromatic nitrogens is 3. The lowest BCUT2D eigenvalue weighted by Crippen LogP contribution is -2.25. The van der Waals surface area contributed by atoms with Crippen molar-refractivity contribution in [2.45, 2.75) is 44.3 Å². The number of thioether (sulfide) groups is 1. The molecule has 0 saturated carbocycles. The van der Waals surface area contributed by atoms with E-state index in [1.54, 1.807) is 0 Å². The summed E-state index contributed by atoms with van der Waals surface area (Å²) >= 11 is 2.86. The Morgan fingerprint density at radius 1 is 1.05 bits per heavy atom. The first kappa shape index (κ1) is 25.2. The SMILES string of the molecule is Cc1cccc(-c2nnc(SCC(=O)Nc3sc4c(c3C(=O)NCc3ccccc3)CCCC4)n2C)c1. The summed E-state index contributed by atoms with van der Waals surface area (Å²) < 4.78 is 1.90. The third-order valence-electron chi connectivity index (χ3n) is 6.39. The molecule has 9 heteroatoms. The van der Waals surface area contributed by atoms with Crippen LogP contribution >= 0.6 is 23.1 Å². The summed E-state index contributed by atoms with van der Waals surface area (Å²) in [6, 6.07) is 17.9. The Labute approximate surface area is 224 Å². The van der Waals surface area contributed by atoms with Crippen molar-refractivity contribution in [2.75, 3.05) is 11.1 Å². The molecule has 190 valence electrons. The Bertz CT molecular complexity index is 1430. The second kappa shape index (κ2) is 11.3. The molecule has 2 N–H and O–H groups in total. The number of thiophene rings is 1. The maximum atomic E-state index is 13.3. The molecular weight excluding hydrogens is 502 g/mol. The Kier molecular flexibility index (Phi) is 7.71. The summed E-state index contributed by atoms with van der Waals surface area (Å²) in [5.74, 6) is 0.631. The van der Waals surface area contributed by atoms with E-state index in [2.05, 4.69) is 26.9 Å². The standard InChI is InChI=1S/C28H29N5O2S2/c1-18-9-8-12-20(15-18)25-31-32-28(33(25)2)36-17-23(34)30-27-24(21-13-6-7-14-22(21)37-27)26(35)29-16-19-10-4-3-5-11-19/h3-5,8-12,15H,6-7,13-14,16-17H2,1-2H3,(H,29,35)(H,30,34). The van der Waals surface area contributed by atoms with E-state index in [0.29, 0.717) is 22.3 Å². The van der Waals surface area contributed by atoms with Crippen LogP contribution in [0.1, 0.15) is 44.8 Å². The topological polar surface area (TPSA) is 88.9 Å². The van der Waals surface area contributed by atoms with Crippen molar-refractivity contribution in [3.63, 3.8) is 0 Å². The minimum absolute atomic E-state index is 0.137. The van der Waals surface area contributed by atoms with Gasteiger partial charge in [0.2, 0.25) is 5.91 Å². The number of carbonyl (C=O) groups excluding carboxylic acids is 2. The van der Waals surface area contributed by atoms with Gasteiger partial charge in [-0.3, -0.25) is 9.59 Å². The zero-order chi connectivity index (χ0) is 25.8. The fourth-order valence-electron chi connectivity index (χ4n) is 4.53. The molecule has 0 spiro atoms. The van der Waals surface area contributed by atoms with Gasteiger partial charge in [-0.25, -0.2) is 0 Å². The van der Waals surface area contributed by atoms with Crippen LogP contribution in [-0.2, 0) is 31.2 Å². The lowest BCUT2D eigenvalue weighted by Gasteiger charge is -2.13. The zero-order valence-electron chi connectivity index (χ0n) is 20.9. The van der Waals surface area contributed by atoms with Crippen molar-refractivity contribution in [1.82, 2.24) is 20.1 Å². The summed E-state index contributed by atoms with van der Waals surface area (Å²) in [4.78, 5) is 27.4. The van der Waals surface area contributed by atoms with Crippen LogP contribution < -0.4 is 10.6 Å². The minimum Gasteiger partial charge on any atom is -0.348 e. The zero-order valence-corrected chi connectivity index (χ0v) is 22.5. The average Bonchev–Trinajstić information content (AvgIpc) is 3.46. The lowest BCUT2D eigenvalue weighted by atomic mass is 9.95. The van der Waals surface area contributed by atoms with Gasteiger partial charge in [-0.15, -0.1) is 21.5 Å². The Morgan fingerprint density at radius 2 is 1.86 bits per heavy atom. The first-order valence-corrected chi connectivity index (χ1v) is 14.2. The van der Waals surface area contributed by atoms with E-state index in [-0.39, 0.29) is 17.6 Å². The van der Waals surface area contributed by atoms with E-state index < -0.39 is 0 Å². The highest BCUT2D eigenvalue weighted by Gasteiger charge is 2.26. The van der Waals surface area contributed by atoms with Gasteiger partial charge in [0.1, 0.15) is 5.00 Å². The third kappa shape index (κ3) is 5.78. The van der Waals surface area contributed by atoms with Crippen LogP contribution in [0.3, 0.4) is 0 Å². The van der Waals surface area contributed by atoms with Crippen molar-refractivity contribution < 1.29 is 9.59 Å². The molecule has 0 aliphatic heterocycles. The molecule has 0 atom stereocenters. The summed E-state index contributed by atoms with van der Waals surface area (Å²) in [6.45, 7) is 2.49. The van der Waals surface area contributed by atoms with Gasteiger partial charge >= 0.3 is 0 Å². The number of nitrogens with one attached hydrogen (secondary N) is 2. The van der Waals surface area contributed by atoms with Gasteiger partial charge in [0.05, 0.1) is 11.3 Å². The van der Waals surface area contributed by atoms with Gasteiger partial charge in [0, 0.05) is 24.0 Å². The van der Waals surface area contributed by atoms with Crippen LogP contribution in [0.4, 0.5) is 5.00 Å².